The molecule has 0 aliphatic carbocycles. The molecule has 0 aromatic heterocycles. The van der Waals surface area contributed by atoms with Gasteiger partial charge in [0.25, 0.3) is 0 Å². The maximum atomic E-state index is 11.9. The van der Waals surface area contributed by atoms with E-state index in [-0.39, 0.29) is 18.0 Å². The SMILES string of the molecule is CC(O)S(=O)(=O)c1cc(N)ccc1NCCO. The number of aliphatic hydroxyl groups excluding tert-OH is 2. The van der Waals surface area contributed by atoms with Crippen LogP contribution in [0.4, 0.5) is 11.4 Å². The second kappa shape index (κ2) is 5.35. The van der Waals surface area contributed by atoms with Crippen LogP contribution in [0, 0.1) is 0 Å². The van der Waals surface area contributed by atoms with Crippen molar-refractivity contribution < 1.29 is 18.6 Å². The van der Waals surface area contributed by atoms with Crippen molar-refractivity contribution in [3.63, 3.8) is 0 Å². The summed E-state index contributed by atoms with van der Waals surface area (Å²) in [6, 6.07) is 4.32. The third kappa shape index (κ3) is 3.09. The van der Waals surface area contributed by atoms with E-state index < -0.39 is 15.3 Å². The minimum absolute atomic E-state index is 0.0686. The molecule has 0 aliphatic heterocycles. The molecule has 5 N–H and O–H groups in total. The monoisotopic (exact) mass is 260 g/mol. The molecule has 1 atom stereocenters. The molecule has 7 heteroatoms. The summed E-state index contributed by atoms with van der Waals surface area (Å²) in [4.78, 5) is -0.0686. The third-order valence-corrected chi connectivity index (χ3v) is 4.04. The number of aliphatic hydroxyl groups is 2. The highest BCUT2D eigenvalue weighted by Gasteiger charge is 2.24. The second-order valence-electron chi connectivity index (χ2n) is 3.55. The van der Waals surface area contributed by atoms with E-state index in [1.807, 2.05) is 0 Å². The van der Waals surface area contributed by atoms with Crippen LogP contribution in [-0.4, -0.2) is 37.2 Å². The summed E-state index contributed by atoms with van der Waals surface area (Å²) >= 11 is 0. The standard InChI is InChI=1S/C10H16N2O4S/c1-7(14)17(15,16)10-6-8(11)2-3-9(10)12-4-5-13/h2-3,6-7,12-14H,4-5,11H2,1H3. The molecule has 0 aliphatic rings. The van der Waals surface area contributed by atoms with E-state index in [4.69, 9.17) is 10.8 Å². The molecule has 1 unspecified atom stereocenters. The zero-order valence-electron chi connectivity index (χ0n) is 9.42. The summed E-state index contributed by atoms with van der Waals surface area (Å²) in [5.41, 5.74) is 4.62. The van der Waals surface area contributed by atoms with Crippen LogP contribution in [0.1, 0.15) is 6.92 Å². The maximum Gasteiger partial charge on any atom is 0.206 e. The molecule has 0 saturated carbocycles. The fourth-order valence-electron chi connectivity index (χ4n) is 1.29. The number of hydrogen-bond donors (Lipinski definition) is 4. The Balaban J connectivity index is 3.25. The molecule has 0 spiro atoms. The Morgan fingerprint density at radius 3 is 2.65 bits per heavy atom. The fourth-order valence-corrected chi connectivity index (χ4v) is 2.41. The molecule has 0 fully saturated rings. The van der Waals surface area contributed by atoms with E-state index in [9.17, 15) is 13.5 Å². The molecule has 1 aromatic rings. The lowest BCUT2D eigenvalue weighted by atomic mass is 10.3. The minimum atomic E-state index is -3.83. The first-order valence-corrected chi connectivity index (χ1v) is 6.60. The van der Waals surface area contributed by atoms with Gasteiger partial charge in [-0.15, -0.1) is 0 Å². The van der Waals surface area contributed by atoms with Gasteiger partial charge in [-0.3, -0.25) is 0 Å². The number of sulfone groups is 1. The highest BCUT2D eigenvalue weighted by atomic mass is 32.2. The Hall–Kier alpha value is -1.31. The van der Waals surface area contributed by atoms with Gasteiger partial charge in [-0.05, 0) is 25.1 Å². The second-order valence-corrected chi connectivity index (χ2v) is 5.76. The topological polar surface area (TPSA) is 113 Å². The molecular weight excluding hydrogens is 244 g/mol. The molecule has 96 valence electrons. The van der Waals surface area contributed by atoms with Gasteiger partial charge in [0, 0.05) is 12.2 Å². The number of rotatable bonds is 5. The average molecular weight is 260 g/mol. The van der Waals surface area contributed by atoms with Crippen LogP contribution < -0.4 is 11.1 Å². The van der Waals surface area contributed by atoms with Crippen LogP contribution in [0.3, 0.4) is 0 Å². The Labute approximate surface area is 100.0 Å². The van der Waals surface area contributed by atoms with Gasteiger partial charge in [0.05, 0.1) is 17.2 Å². The quantitative estimate of drug-likeness (QED) is 0.545. The predicted molar refractivity (Wildman–Crippen MR) is 65.3 cm³/mol. The smallest absolute Gasteiger partial charge is 0.206 e. The number of nitrogens with two attached hydrogens (primary N) is 1. The highest BCUT2D eigenvalue weighted by Crippen LogP contribution is 2.26. The lowest BCUT2D eigenvalue weighted by Gasteiger charge is -2.14. The van der Waals surface area contributed by atoms with E-state index >= 15 is 0 Å². The first-order valence-electron chi connectivity index (χ1n) is 5.06. The molecular formula is C10H16N2O4S. The van der Waals surface area contributed by atoms with Crippen LogP contribution in [0.15, 0.2) is 23.1 Å². The first-order chi connectivity index (χ1) is 7.89. The number of anilines is 2. The van der Waals surface area contributed by atoms with Crippen molar-refractivity contribution in [2.75, 3.05) is 24.2 Å². The summed E-state index contributed by atoms with van der Waals surface area (Å²) < 4.78 is 23.7. The number of hydrogen-bond acceptors (Lipinski definition) is 6. The highest BCUT2D eigenvalue weighted by molar-refractivity contribution is 7.92. The number of benzene rings is 1. The molecule has 0 saturated heterocycles. The van der Waals surface area contributed by atoms with E-state index in [0.717, 1.165) is 0 Å². The van der Waals surface area contributed by atoms with Crippen LogP contribution in [-0.2, 0) is 9.84 Å². The van der Waals surface area contributed by atoms with Gasteiger partial charge in [-0.2, -0.15) is 0 Å². The summed E-state index contributed by atoms with van der Waals surface area (Å²) in [7, 11) is -3.83. The normalized spacial score (nSPS) is 13.4. The van der Waals surface area contributed by atoms with E-state index in [1.54, 1.807) is 6.07 Å². The Morgan fingerprint density at radius 2 is 2.12 bits per heavy atom. The van der Waals surface area contributed by atoms with Crippen LogP contribution in [0.2, 0.25) is 0 Å². The van der Waals surface area contributed by atoms with Crippen LogP contribution in [0.25, 0.3) is 0 Å². The molecule has 6 nitrogen and oxygen atoms in total. The van der Waals surface area contributed by atoms with Crippen molar-refractivity contribution in [3.8, 4) is 0 Å². The van der Waals surface area contributed by atoms with Crippen molar-refractivity contribution in [1.82, 2.24) is 0 Å². The van der Waals surface area contributed by atoms with E-state index in [1.165, 1.54) is 19.1 Å². The number of nitrogen functional groups attached to an aromatic ring is 1. The molecule has 1 rings (SSSR count). The molecule has 0 bridgehead atoms. The Bertz CT molecular complexity index is 485. The summed E-state index contributed by atoms with van der Waals surface area (Å²) in [5, 5.41) is 20.7. The average Bonchev–Trinajstić information content (AvgIpc) is 2.27. The van der Waals surface area contributed by atoms with Gasteiger partial charge in [0.1, 0.15) is 0 Å². The first kappa shape index (κ1) is 13.8. The summed E-state index contributed by atoms with van der Waals surface area (Å²) in [6.45, 7) is 1.26. The zero-order chi connectivity index (χ0) is 13.1. The lowest BCUT2D eigenvalue weighted by Crippen LogP contribution is -2.19. The lowest BCUT2D eigenvalue weighted by molar-refractivity contribution is 0.268. The predicted octanol–water partition coefficient (Wildman–Crippen LogP) is -0.215. The molecule has 17 heavy (non-hydrogen) atoms. The van der Waals surface area contributed by atoms with Gasteiger partial charge in [0.15, 0.2) is 5.44 Å². The van der Waals surface area contributed by atoms with Gasteiger partial charge in [0.2, 0.25) is 9.84 Å². The largest absolute Gasteiger partial charge is 0.399 e. The number of nitrogens with one attached hydrogen (secondary N) is 1. The van der Waals surface area contributed by atoms with Crippen molar-refractivity contribution in [2.24, 2.45) is 0 Å². The third-order valence-electron chi connectivity index (χ3n) is 2.19. The van der Waals surface area contributed by atoms with Gasteiger partial charge in [-0.1, -0.05) is 0 Å². The summed E-state index contributed by atoms with van der Waals surface area (Å²) in [5.74, 6) is 0. The minimum Gasteiger partial charge on any atom is -0.399 e. The van der Waals surface area contributed by atoms with Crippen LogP contribution in [0.5, 0.6) is 0 Å². The Morgan fingerprint density at radius 1 is 1.47 bits per heavy atom. The maximum absolute atomic E-state index is 11.9. The van der Waals surface area contributed by atoms with E-state index in [2.05, 4.69) is 5.32 Å². The fraction of sp³-hybridized carbons (Fsp3) is 0.400. The van der Waals surface area contributed by atoms with Crippen molar-refractivity contribution in [3.05, 3.63) is 18.2 Å². The zero-order valence-corrected chi connectivity index (χ0v) is 10.2. The summed E-state index contributed by atoms with van der Waals surface area (Å²) in [6.07, 6.45) is 0. The van der Waals surface area contributed by atoms with Crippen molar-refractivity contribution in [2.45, 2.75) is 17.3 Å². The van der Waals surface area contributed by atoms with Crippen molar-refractivity contribution >= 4 is 21.2 Å². The Kier molecular flexibility index (Phi) is 4.33. The van der Waals surface area contributed by atoms with Crippen molar-refractivity contribution in [1.29, 1.82) is 0 Å². The van der Waals surface area contributed by atoms with Crippen LogP contribution >= 0.6 is 0 Å². The molecule has 1 aromatic carbocycles. The van der Waals surface area contributed by atoms with Gasteiger partial charge in [-0.25, -0.2) is 8.42 Å². The van der Waals surface area contributed by atoms with Gasteiger partial charge < -0.3 is 21.3 Å². The molecule has 0 radical (unpaired) electrons. The molecule has 0 amide bonds. The van der Waals surface area contributed by atoms with Gasteiger partial charge >= 0.3 is 0 Å². The molecule has 0 heterocycles. The van der Waals surface area contributed by atoms with E-state index in [0.29, 0.717) is 11.4 Å².